The number of carbonyl (C=O) groups excluding carboxylic acids is 1. The van der Waals surface area contributed by atoms with Gasteiger partial charge in [0.1, 0.15) is 12.4 Å². The second-order valence-electron chi connectivity index (χ2n) is 8.22. The number of fused-ring (bicyclic) bond motifs is 1. The van der Waals surface area contributed by atoms with E-state index in [2.05, 4.69) is 39.2 Å². The van der Waals surface area contributed by atoms with Gasteiger partial charge in [-0.25, -0.2) is 4.98 Å². The van der Waals surface area contributed by atoms with Gasteiger partial charge in [0.05, 0.1) is 6.61 Å². The summed E-state index contributed by atoms with van der Waals surface area (Å²) in [5, 5.41) is 1.97. The van der Waals surface area contributed by atoms with Crippen molar-refractivity contribution in [2.24, 2.45) is 0 Å². The Labute approximate surface area is 219 Å². The number of rotatable bonds is 9. The van der Waals surface area contributed by atoms with Crippen molar-refractivity contribution in [1.82, 2.24) is 14.5 Å². The molecule has 0 aliphatic carbocycles. The highest BCUT2D eigenvalue weighted by Crippen LogP contribution is 2.23. The summed E-state index contributed by atoms with van der Waals surface area (Å²) in [7, 11) is 0. The first-order chi connectivity index (χ1) is 15.6. The first kappa shape index (κ1) is 28.2. The fourth-order valence-corrected chi connectivity index (χ4v) is 4.57. The van der Waals surface area contributed by atoms with Crippen molar-refractivity contribution >= 4 is 59.1 Å². The zero-order valence-corrected chi connectivity index (χ0v) is 21.9. The number of esters is 1. The molecule has 2 aromatic heterocycles. The molecule has 0 bridgehead atoms. The minimum absolute atomic E-state index is 0. The first-order valence-corrected chi connectivity index (χ1v) is 11.8. The van der Waals surface area contributed by atoms with E-state index in [1.807, 2.05) is 29.7 Å². The average Bonchev–Trinajstić information content (AvgIpc) is 3.15. The summed E-state index contributed by atoms with van der Waals surface area (Å²) in [6.07, 6.45) is 7.20. The Morgan fingerprint density at radius 1 is 1.09 bits per heavy atom. The van der Waals surface area contributed by atoms with E-state index in [0.717, 1.165) is 68.3 Å². The number of hydrogen-bond donors (Lipinski definition) is 0. The fraction of sp³-hybridized carbons (Fsp3) is 0.440. The van der Waals surface area contributed by atoms with Crippen molar-refractivity contribution in [1.29, 1.82) is 0 Å². The third-order valence-corrected chi connectivity index (χ3v) is 6.29. The van der Waals surface area contributed by atoms with Gasteiger partial charge in [-0.1, -0.05) is 29.8 Å². The number of nitrogens with zero attached hydrogens (tertiary/aromatic N) is 4. The Hall–Kier alpha value is -1.99. The van der Waals surface area contributed by atoms with Gasteiger partial charge in [0.2, 0.25) is 0 Å². The standard InChI is InChI=1S/C25H31ClN4O2.2ClH/c1-2-32-25(31)19-30-18-20(22-8-3-4-9-23(22)30)7-5-6-12-28-13-15-29(16-14-28)24-17-21(26)10-11-27-24;;/h3-4,8-11,17-18H,2,5-7,12-16,19H2,1H3;2*1H. The van der Waals surface area contributed by atoms with E-state index in [4.69, 9.17) is 16.3 Å². The van der Waals surface area contributed by atoms with Crippen molar-refractivity contribution in [3.05, 3.63) is 59.4 Å². The van der Waals surface area contributed by atoms with Gasteiger partial charge in [0.15, 0.2) is 0 Å². The second kappa shape index (κ2) is 13.8. The van der Waals surface area contributed by atoms with Crippen LogP contribution in [0.15, 0.2) is 48.8 Å². The highest BCUT2D eigenvalue weighted by atomic mass is 35.5. The van der Waals surface area contributed by atoms with Gasteiger partial charge >= 0.3 is 5.97 Å². The number of aromatic nitrogens is 2. The molecular weight excluding hydrogens is 495 g/mol. The number of halogens is 3. The van der Waals surface area contributed by atoms with Crippen LogP contribution >= 0.6 is 36.4 Å². The van der Waals surface area contributed by atoms with Gasteiger partial charge in [-0.3, -0.25) is 9.69 Å². The van der Waals surface area contributed by atoms with Crippen molar-refractivity contribution in [2.45, 2.75) is 32.7 Å². The molecule has 0 unspecified atom stereocenters. The van der Waals surface area contributed by atoms with Crippen LogP contribution < -0.4 is 4.90 Å². The molecule has 0 N–H and O–H groups in total. The predicted molar refractivity (Wildman–Crippen MR) is 144 cm³/mol. The van der Waals surface area contributed by atoms with Crippen LogP contribution in [0.2, 0.25) is 5.02 Å². The lowest BCUT2D eigenvalue weighted by Gasteiger charge is -2.35. The second-order valence-corrected chi connectivity index (χ2v) is 8.66. The van der Waals surface area contributed by atoms with Crippen molar-refractivity contribution < 1.29 is 9.53 Å². The number of pyridine rings is 1. The van der Waals surface area contributed by atoms with Crippen LogP contribution in [-0.4, -0.2) is 59.8 Å². The van der Waals surface area contributed by atoms with Crippen LogP contribution in [0.25, 0.3) is 10.9 Å². The molecule has 34 heavy (non-hydrogen) atoms. The maximum atomic E-state index is 12.0. The molecule has 1 aromatic carbocycles. The molecule has 9 heteroatoms. The minimum Gasteiger partial charge on any atom is -0.465 e. The fourth-order valence-electron chi connectivity index (χ4n) is 4.42. The summed E-state index contributed by atoms with van der Waals surface area (Å²) in [6, 6.07) is 12.1. The molecule has 6 nitrogen and oxygen atoms in total. The minimum atomic E-state index is -0.188. The number of carbonyl (C=O) groups is 1. The molecule has 0 spiro atoms. The molecule has 0 atom stereocenters. The van der Waals surface area contributed by atoms with E-state index in [-0.39, 0.29) is 37.3 Å². The SMILES string of the molecule is CCOC(=O)Cn1cc(CCCCN2CCN(c3cc(Cl)ccn3)CC2)c2ccccc21.Cl.Cl. The largest absolute Gasteiger partial charge is 0.465 e. The van der Waals surface area contributed by atoms with Crippen LogP contribution in [0.1, 0.15) is 25.3 Å². The quantitative estimate of drug-likeness (QED) is 0.281. The Morgan fingerprint density at radius 3 is 2.59 bits per heavy atom. The summed E-state index contributed by atoms with van der Waals surface area (Å²) in [6.45, 7) is 7.68. The summed E-state index contributed by atoms with van der Waals surface area (Å²) in [5.41, 5.74) is 2.41. The third kappa shape index (κ3) is 7.25. The number of unbranched alkanes of at least 4 members (excludes halogenated alkanes) is 1. The summed E-state index contributed by atoms with van der Waals surface area (Å²) < 4.78 is 7.15. The number of benzene rings is 1. The van der Waals surface area contributed by atoms with Crippen molar-refractivity contribution in [3.63, 3.8) is 0 Å². The molecule has 3 heterocycles. The molecular formula is C25H33Cl3N4O2. The summed E-state index contributed by atoms with van der Waals surface area (Å²) in [4.78, 5) is 21.3. The lowest BCUT2D eigenvalue weighted by molar-refractivity contribution is -0.143. The Bertz CT molecular complexity index is 1050. The Morgan fingerprint density at radius 2 is 1.85 bits per heavy atom. The van der Waals surface area contributed by atoms with Gasteiger partial charge in [-0.05, 0) is 56.5 Å². The molecule has 1 fully saturated rings. The monoisotopic (exact) mass is 526 g/mol. The van der Waals surface area contributed by atoms with E-state index in [0.29, 0.717) is 6.61 Å². The molecule has 1 aliphatic rings. The lowest BCUT2D eigenvalue weighted by Crippen LogP contribution is -2.46. The van der Waals surface area contributed by atoms with E-state index in [1.165, 1.54) is 10.9 Å². The molecule has 1 aliphatic heterocycles. The smallest absolute Gasteiger partial charge is 0.325 e. The first-order valence-electron chi connectivity index (χ1n) is 11.5. The van der Waals surface area contributed by atoms with E-state index < -0.39 is 0 Å². The van der Waals surface area contributed by atoms with E-state index >= 15 is 0 Å². The Kier molecular flexibility index (Phi) is 11.5. The zero-order valence-electron chi connectivity index (χ0n) is 19.5. The molecule has 0 radical (unpaired) electrons. The maximum absolute atomic E-state index is 12.0. The number of ether oxygens (including phenoxy) is 1. The van der Waals surface area contributed by atoms with Gasteiger partial charge < -0.3 is 14.2 Å². The highest BCUT2D eigenvalue weighted by molar-refractivity contribution is 6.30. The summed E-state index contributed by atoms with van der Waals surface area (Å²) in [5.74, 6) is 0.781. The van der Waals surface area contributed by atoms with Gasteiger partial charge in [0.25, 0.3) is 0 Å². The molecule has 1 saturated heterocycles. The van der Waals surface area contributed by atoms with Crippen LogP contribution in [-0.2, 0) is 22.5 Å². The van der Waals surface area contributed by atoms with E-state index in [9.17, 15) is 4.79 Å². The number of para-hydroxylation sites is 1. The van der Waals surface area contributed by atoms with Gasteiger partial charge in [-0.2, -0.15) is 0 Å². The van der Waals surface area contributed by atoms with Crippen LogP contribution in [0.3, 0.4) is 0 Å². The zero-order chi connectivity index (χ0) is 22.3. The molecule has 0 amide bonds. The highest BCUT2D eigenvalue weighted by Gasteiger charge is 2.18. The lowest BCUT2D eigenvalue weighted by atomic mass is 10.1. The van der Waals surface area contributed by atoms with Crippen molar-refractivity contribution in [2.75, 3.05) is 44.2 Å². The molecule has 186 valence electrons. The maximum Gasteiger partial charge on any atom is 0.325 e. The van der Waals surface area contributed by atoms with Crippen LogP contribution in [0, 0.1) is 0 Å². The molecule has 3 aromatic rings. The molecule has 4 rings (SSSR count). The predicted octanol–water partition coefficient (Wildman–Crippen LogP) is 5.24. The van der Waals surface area contributed by atoms with Crippen molar-refractivity contribution in [3.8, 4) is 0 Å². The number of aryl methyl sites for hydroxylation is 1. The number of anilines is 1. The normalized spacial score (nSPS) is 13.9. The topological polar surface area (TPSA) is 50.6 Å². The molecule has 0 saturated carbocycles. The third-order valence-electron chi connectivity index (χ3n) is 6.05. The van der Waals surface area contributed by atoms with Gasteiger partial charge in [-0.15, -0.1) is 24.8 Å². The van der Waals surface area contributed by atoms with Crippen LogP contribution in [0.4, 0.5) is 5.82 Å². The van der Waals surface area contributed by atoms with E-state index in [1.54, 1.807) is 6.20 Å². The average molecular weight is 528 g/mol. The Balaban J connectivity index is 0.00000204. The van der Waals surface area contributed by atoms with Gasteiger partial charge in [0, 0.05) is 54.5 Å². The summed E-state index contributed by atoms with van der Waals surface area (Å²) >= 11 is 6.10. The number of piperazine rings is 1. The number of hydrogen-bond acceptors (Lipinski definition) is 5. The van der Waals surface area contributed by atoms with Crippen LogP contribution in [0.5, 0.6) is 0 Å².